The zero-order chi connectivity index (χ0) is 24.6. The molecule has 0 bridgehead atoms. The lowest BCUT2D eigenvalue weighted by Gasteiger charge is -2.27. The van der Waals surface area contributed by atoms with Crippen molar-refractivity contribution in [2.75, 3.05) is 34.3 Å². The molecule has 0 spiro atoms. The molecule has 180 valence electrons. The highest BCUT2D eigenvalue weighted by Gasteiger charge is 2.47. The van der Waals surface area contributed by atoms with Gasteiger partial charge in [0.15, 0.2) is 11.3 Å². The lowest BCUT2D eigenvalue weighted by molar-refractivity contribution is -0.169. The van der Waals surface area contributed by atoms with Crippen molar-refractivity contribution in [3.05, 3.63) is 36.0 Å². The van der Waals surface area contributed by atoms with Gasteiger partial charge in [0.2, 0.25) is 0 Å². The van der Waals surface area contributed by atoms with Crippen LogP contribution in [-0.2, 0) is 38.1 Å². The summed E-state index contributed by atoms with van der Waals surface area (Å²) in [5.41, 5.74) is -0.619. The van der Waals surface area contributed by atoms with Crippen LogP contribution in [0.15, 0.2) is 36.0 Å². The Kier molecular flexibility index (Phi) is 14.8. The molecule has 0 aromatic heterocycles. The summed E-state index contributed by atoms with van der Waals surface area (Å²) in [6.07, 6.45) is 9.95. The third kappa shape index (κ3) is 9.26. The Morgan fingerprint density at radius 1 is 0.875 bits per heavy atom. The number of carbonyl (C=O) groups excluding carboxylic acids is 4. The first-order valence-electron chi connectivity index (χ1n) is 10.1. The number of esters is 4. The fourth-order valence-corrected chi connectivity index (χ4v) is 3.15. The molecule has 0 radical (unpaired) electrons. The number of carbonyl (C=O) groups is 4. The minimum Gasteiger partial charge on any atom is -0.468 e. The Bertz CT molecular complexity index is 692. The summed E-state index contributed by atoms with van der Waals surface area (Å²) < 4.78 is 19.1. The first kappa shape index (κ1) is 29.4. The minimum absolute atomic E-state index is 0.0962. The van der Waals surface area contributed by atoms with Crippen molar-refractivity contribution in [2.24, 2.45) is 11.3 Å². The highest BCUT2D eigenvalue weighted by molar-refractivity contribution is 6.18. The zero-order valence-corrected chi connectivity index (χ0v) is 20.1. The Labute approximate surface area is 194 Å². The van der Waals surface area contributed by atoms with Gasteiger partial charge in [-0.1, -0.05) is 36.0 Å². The average Bonchev–Trinajstić information content (AvgIpc) is 2.81. The van der Waals surface area contributed by atoms with Gasteiger partial charge < -0.3 is 18.9 Å². The molecule has 0 N–H and O–H groups in total. The smallest absolute Gasteiger partial charge is 0.323 e. The molecule has 0 atom stereocenters. The summed E-state index contributed by atoms with van der Waals surface area (Å²) in [6.45, 7) is 1.84. The molecule has 0 saturated carbocycles. The van der Waals surface area contributed by atoms with Crippen LogP contribution in [0.25, 0.3) is 0 Å². The molecule has 8 nitrogen and oxygen atoms in total. The van der Waals surface area contributed by atoms with Crippen LogP contribution in [0.2, 0.25) is 0 Å². The summed E-state index contributed by atoms with van der Waals surface area (Å²) in [6, 6.07) is 0. The molecule has 0 amide bonds. The quantitative estimate of drug-likeness (QED) is 0.0943. The predicted molar refractivity (Wildman–Crippen MR) is 120 cm³/mol. The minimum atomic E-state index is -1.50. The molecule has 0 unspecified atom stereocenters. The van der Waals surface area contributed by atoms with E-state index in [1.807, 2.05) is 13.0 Å². The first-order chi connectivity index (χ1) is 15.2. The summed E-state index contributed by atoms with van der Waals surface area (Å²) in [7, 11) is 4.86. The molecule has 32 heavy (non-hydrogen) atoms. The molecule has 9 heteroatoms. The van der Waals surface area contributed by atoms with Crippen LogP contribution in [0.4, 0.5) is 0 Å². The van der Waals surface area contributed by atoms with Crippen LogP contribution in [0.3, 0.4) is 0 Å². The van der Waals surface area contributed by atoms with Gasteiger partial charge in [0, 0.05) is 5.88 Å². The number of allylic oxidation sites excluding steroid dienone is 6. The van der Waals surface area contributed by atoms with Crippen molar-refractivity contribution in [3.8, 4) is 0 Å². The van der Waals surface area contributed by atoms with Gasteiger partial charge in [0.1, 0.15) is 0 Å². The van der Waals surface area contributed by atoms with Gasteiger partial charge in [-0.3, -0.25) is 19.2 Å². The molecule has 0 fully saturated rings. The normalized spacial score (nSPS) is 12.3. The highest BCUT2D eigenvalue weighted by Crippen LogP contribution is 2.34. The molecule has 0 aliphatic rings. The maximum atomic E-state index is 12.6. The number of halogens is 1. The molecule has 0 saturated heterocycles. The monoisotopic (exact) mass is 472 g/mol. The standard InChI is InChI=1S/C23H33ClO8/c1-17(11-10-12-18(19(25)29-2)20(26)30-3)13-15-23(21(27)31-4,22(28)32-5)14-8-6-7-9-16-24/h6-9,11,18H,10,12-16H2,1-5H3/b8-6+,9-7+,17-11+. The second kappa shape index (κ2) is 16.1. The van der Waals surface area contributed by atoms with Crippen molar-refractivity contribution in [2.45, 2.75) is 39.0 Å². The van der Waals surface area contributed by atoms with Gasteiger partial charge in [0.05, 0.1) is 28.4 Å². The van der Waals surface area contributed by atoms with Crippen molar-refractivity contribution < 1.29 is 38.1 Å². The average molecular weight is 473 g/mol. The molecule has 0 aromatic carbocycles. The molecule has 0 heterocycles. The van der Waals surface area contributed by atoms with Crippen LogP contribution >= 0.6 is 11.6 Å². The van der Waals surface area contributed by atoms with Gasteiger partial charge in [-0.2, -0.15) is 0 Å². The van der Waals surface area contributed by atoms with Crippen LogP contribution in [0, 0.1) is 11.3 Å². The van der Waals surface area contributed by atoms with E-state index in [4.69, 9.17) is 21.1 Å². The van der Waals surface area contributed by atoms with E-state index in [0.717, 1.165) is 5.57 Å². The third-order valence-corrected chi connectivity index (χ3v) is 5.13. The lowest BCUT2D eigenvalue weighted by Crippen LogP contribution is -2.41. The number of alkyl halides is 1. The van der Waals surface area contributed by atoms with E-state index in [-0.39, 0.29) is 19.3 Å². The fourth-order valence-electron chi connectivity index (χ4n) is 3.05. The third-order valence-electron chi connectivity index (χ3n) is 4.96. The van der Waals surface area contributed by atoms with Crippen molar-refractivity contribution in [1.29, 1.82) is 0 Å². The van der Waals surface area contributed by atoms with Crippen molar-refractivity contribution in [3.63, 3.8) is 0 Å². The van der Waals surface area contributed by atoms with Gasteiger partial charge in [-0.25, -0.2) is 0 Å². The van der Waals surface area contributed by atoms with Crippen molar-refractivity contribution >= 4 is 35.5 Å². The van der Waals surface area contributed by atoms with Gasteiger partial charge in [0.25, 0.3) is 0 Å². The second-order valence-corrected chi connectivity index (χ2v) is 7.32. The Hall–Kier alpha value is -2.61. The van der Waals surface area contributed by atoms with E-state index >= 15 is 0 Å². The molecular formula is C23H33ClO8. The van der Waals surface area contributed by atoms with E-state index in [2.05, 4.69) is 9.47 Å². The van der Waals surface area contributed by atoms with Crippen LogP contribution in [0.1, 0.15) is 39.0 Å². The SMILES string of the molecule is COC(=O)C(CC/C=C(\C)CCC(C/C=C/C=C/CCl)(C(=O)OC)C(=O)OC)C(=O)OC. The molecule has 0 rings (SSSR count). The lowest BCUT2D eigenvalue weighted by atomic mass is 9.78. The predicted octanol–water partition coefficient (Wildman–Crippen LogP) is 3.53. The Balaban J connectivity index is 5.39. The summed E-state index contributed by atoms with van der Waals surface area (Å²) in [5, 5.41) is 0. The summed E-state index contributed by atoms with van der Waals surface area (Å²) in [4.78, 5) is 48.7. The van der Waals surface area contributed by atoms with E-state index in [1.54, 1.807) is 24.3 Å². The second-order valence-electron chi connectivity index (χ2n) is 7.01. The van der Waals surface area contributed by atoms with Gasteiger partial charge >= 0.3 is 23.9 Å². The maximum absolute atomic E-state index is 12.6. The number of hydrogen-bond donors (Lipinski definition) is 0. The topological polar surface area (TPSA) is 105 Å². The maximum Gasteiger partial charge on any atom is 0.323 e. The highest BCUT2D eigenvalue weighted by atomic mass is 35.5. The Morgan fingerprint density at radius 3 is 1.88 bits per heavy atom. The zero-order valence-electron chi connectivity index (χ0n) is 19.4. The van der Waals surface area contributed by atoms with E-state index < -0.39 is 35.2 Å². The van der Waals surface area contributed by atoms with Crippen LogP contribution < -0.4 is 0 Å². The van der Waals surface area contributed by atoms with Gasteiger partial charge in [-0.15, -0.1) is 11.6 Å². The molecule has 0 aliphatic carbocycles. The molecular weight excluding hydrogens is 440 g/mol. The number of ether oxygens (including phenoxy) is 4. The number of hydrogen-bond acceptors (Lipinski definition) is 8. The van der Waals surface area contributed by atoms with E-state index in [1.165, 1.54) is 28.4 Å². The van der Waals surface area contributed by atoms with Gasteiger partial charge in [-0.05, 0) is 39.0 Å². The number of methoxy groups -OCH3 is 4. The first-order valence-corrected chi connectivity index (χ1v) is 10.6. The molecule has 0 aliphatic heterocycles. The molecule has 0 aromatic rings. The number of rotatable bonds is 14. The summed E-state index contributed by atoms with van der Waals surface area (Å²) >= 11 is 5.59. The van der Waals surface area contributed by atoms with E-state index in [0.29, 0.717) is 18.7 Å². The van der Waals surface area contributed by atoms with E-state index in [9.17, 15) is 19.2 Å². The fraction of sp³-hybridized carbons (Fsp3) is 0.565. The summed E-state index contributed by atoms with van der Waals surface area (Å²) in [5.74, 6) is -3.34. The Morgan fingerprint density at radius 2 is 1.41 bits per heavy atom. The van der Waals surface area contributed by atoms with Crippen LogP contribution in [0.5, 0.6) is 0 Å². The van der Waals surface area contributed by atoms with Crippen LogP contribution in [-0.4, -0.2) is 58.2 Å². The van der Waals surface area contributed by atoms with Crippen molar-refractivity contribution in [1.82, 2.24) is 0 Å². The largest absolute Gasteiger partial charge is 0.468 e.